The molecule has 2 unspecified atom stereocenters. The molecule has 0 radical (unpaired) electrons. The smallest absolute Gasteiger partial charge is 0.125 e. The highest BCUT2D eigenvalue weighted by Crippen LogP contribution is 2.29. The van der Waals surface area contributed by atoms with Crippen LogP contribution in [0.4, 0.5) is 4.39 Å². The molecule has 0 aromatic heterocycles. The van der Waals surface area contributed by atoms with Crippen LogP contribution >= 0.6 is 12.6 Å². The Bertz CT molecular complexity index is 360. The fourth-order valence-corrected chi connectivity index (χ4v) is 1.80. The maximum Gasteiger partial charge on any atom is 0.125 e. The number of aliphatic hydroxyl groups is 2. The molecule has 17 heavy (non-hydrogen) atoms. The van der Waals surface area contributed by atoms with Crippen molar-refractivity contribution < 1.29 is 19.3 Å². The summed E-state index contributed by atoms with van der Waals surface area (Å²) >= 11 is 3.98. The van der Waals surface area contributed by atoms with Crippen LogP contribution in [0.5, 0.6) is 5.75 Å². The lowest BCUT2D eigenvalue weighted by atomic mass is 10.0. The van der Waals surface area contributed by atoms with Crippen LogP contribution < -0.4 is 4.74 Å². The van der Waals surface area contributed by atoms with Crippen molar-refractivity contribution in [2.75, 3.05) is 12.4 Å². The first-order valence-corrected chi connectivity index (χ1v) is 6.12. The topological polar surface area (TPSA) is 49.7 Å². The Morgan fingerprint density at radius 1 is 1.41 bits per heavy atom. The number of hydrogen-bond acceptors (Lipinski definition) is 4. The van der Waals surface area contributed by atoms with Gasteiger partial charge in [-0.15, -0.1) is 0 Å². The van der Waals surface area contributed by atoms with Crippen molar-refractivity contribution >= 4 is 12.6 Å². The molecule has 0 heterocycles. The predicted octanol–water partition coefficient (Wildman–Crippen LogP) is 1.94. The lowest BCUT2D eigenvalue weighted by Gasteiger charge is -2.20. The molecule has 0 saturated heterocycles. The Morgan fingerprint density at radius 2 is 2.12 bits per heavy atom. The molecule has 2 atom stereocenters. The van der Waals surface area contributed by atoms with Crippen molar-refractivity contribution in [3.8, 4) is 5.75 Å². The van der Waals surface area contributed by atoms with Crippen molar-refractivity contribution in [3.63, 3.8) is 0 Å². The van der Waals surface area contributed by atoms with Gasteiger partial charge >= 0.3 is 0 Å². The van der Waals surface area contributed by atoms with Crippen LogP contribution in [-0.4, -0.2) is 28.7 Å². The third kappa shape index (κ3) is 3.87. The lowest BCUT2D eigenvalue weighted by Crippen LogP contribution is -2.19. The van der Waals surface area contributed by atoms with E-state index >= 15 is 0 Å². The van der Waals surface area contributed by atoms with Gasteiger partial charge in [0.15, 0.2) is 0 Å². The van der Waals surface area contributed by atoms with E-state index in [0.29, 0.717) is 24.5 Å². The van der Waals surface area contributed by atoms with Gasteiger partial charge < -0.3 is 14.9 Å². The van der Waals surface area contributed by atoms with Crippen LogP contribution in [0.3, 0.4) is 0 Å². The summed E-state index contributed by atoms with van der Waals surface area (Å²) in [5.41, 5.74) is 0.265. The van der Waals surface area contributed by atoms with Gasteiger partial charge in [0.25, 0.3) is 0 Å². The molecule has 0 fully saturated rings. The number of benzene rings is 1. The first kappa shape index (κ1) is 14.3. The van der Waals surface area contributed by atoms with E-state index in [9.17, 15) is 14.6 Å². The minimum absolute atomic E-state index is 0.265. The second-order valence-electron chi connectivity index (χ2n) is 3.64. The third-order valence-corrected chi connectivity index (χ3v) is 2.64. The number of hydrogen-bond donors (Lipinski definition) is 3. The summed E-state index contributed by atoms with van der Waals surface area (Å²) in [7, 11) is 0. The highest BCUT2D eigenvalue weighted by molar-refractivity contribution is 7.80. The molecule has 3 nitrogen and oxygen atoms in total. The Hall–Kier alpha value is -0.780. The van der Waals surface area contributed by atoms with Gasteiger partial charge in [0.05, 0.1) is 12.7 Å². The highest BCUT2D eigenvalue weighted by Gasteiger charge is 2.21. The molecule has 96 valence electrons. The zero-order valence-electron chi connectivity index (χ0n) is 9.64. The summed E-state index contributed by atoms with van der Waals surface area (Å²) < 4.78 is 18.4. The van der Waals surface area contributed by atoms with Crippen LogP contribution in [0.15, 0.2) is 18.2 Å². The summed E-state index contributed by atoms with van der Waals surface area (Å²) in [5, 5.41) is 19.6. The maximum absolute atomic E-state index is 13.1. The van der Waals surface area contributed by atoms with Crippen molar-refractivity contribution in [1.29, 1.82) is 0 Å². The molecule has 0 saturated carbocycles. The van der Waals surface area contributed by atoms with E-state index in [1.165, 1.54) is 18.2 Å². The van der Waals surface area contributed by atoms with Gasteiger partial charge in [0.2, 0.25) is 0 Å². The van der Waals surface area contributed by atoms with Gasteiger partial charge in [-0.3, -0.25) is 0 Å². The maximum atomic E-state index is 13.1. The summed E-state index contributed by atoms with van der Waals surface area (Å²) in [6, 6.07) is 3.88. The lowest BCUT2D eigenvalue weighted by molar-refractivity contribution is 0.0154. The van der Waals surface area contributed by atoms with Gasteiger partial charge in [0, 0.05) is 5.56 Å². The minimum atomic E-state index is -1.17. The Morgan fingerprint density at radius 3 is 2.71 bits per heavy atom. The van der Waals surface area contributed by atoms with E-state index < -0.39 is 18.0 Å². The number of halogens is 1. The number of ether oxygens (including phenoxy) is 1. The zero-order chi connectivity index (χ0) is 12.8. The molecule has 0 amide bonds. The van der Waals surface area contributed by atoms with E-state index in [4.69, 9.17) is 4.74 Å². The molecule has 2 N–H and O–H groups in total. The van der Waals surface area contributed by atoms with Crippen LogP contribution in [0.1, 0.15) is 25.0 Å². The average Bonchev–Trinajstić information content (AvgIpc) is 2.31. The van der Waals surface area contributed by atoms with Crippen molar-refractivity contribution in [2.45, 2.75) is 25.6 Å². The van der Waals surface area contributed by atoms with Gasteiger partial charge in [0.1, 0.15) is 17.7 Å². The molecule has 5 heteroatoms. The van der Waals surface area contributed by atoms with E-state index in [1.54, 1.807) is 6.92 Å². The van der Waals surface area contributed by atoms with Crippen LogP contribution in [-0.2, 0) is 0 Å². The summed E-state index contributed by atoms with van der Waals surface area (Å²) in [4.78, 5) is 0. The molecule has 1 rings (SSSR count). The Labute approximate surface area is 106 Å². The van der Waals surface area contributed by atoms with E-state index in [-0.39, 0.29) is 5.56 Å². The van der Waals surface area contributed by atoms with Crippen molar-refractivity contribution in [1.82, 2.24) is 0 Å². The van der Waals surface area contributed by atoms with Crippen LogP contribution in [0, 0.1) is 5.82 Å². The first-order chi connectivity index (χ1) is 8.10. The molecule has 0 aliphatic heterocycles. The van der Waals surface area contributed by atoms with E-state index in [0.717, 1.165) is 0 Å². The van der Waals surface area contributed by atoms with Crippen LogP contribution in [0.2, 0.25) is 0 Å². The average molecular weight is 260 g/mol. The minimum Gasteiger partial charge on any atom is -0.493 e. The Balaban J connectivity index is 2.96. The molecular formula is C12H17FO3S. The molecule has 0 bridgehead atoms. The third-order valence-electron chi connectivity index (χ3n) is 2.38. The van der Waals surface area contributed by atoms with Gasteiger partial charge in [-0.05, 0) is 37.3 Å². The zero-order valence-corrected chi connectivity index (χ0v) is 10.5. The second-order valence-corrected chi connectivity index (χ2v) is 4.09. The SMILES string of the molecule is CCOc1ccc(F)cc1C(O)C(O)CCS. The molecule has 0 spiro atoms. The molecule has 0 aliphatic carbocycles. The normalized spacial score (nSPS) is 14.4. The summed E-state index contributed by atoms with van der Waals surface area (Å²) in [6.07, 6.45) is -1.82. The molecule has 1 aromatic carbocycles. The first-order valence-electron chi connectivity index (χ1n) is 5.49. The summed E-state index contributed by atoms with van der Waals surface area (Å²) in [5.74, 6) is 0.359. The standard InChI is InChI=1S/C12H17FO3S/c1-2-16-11-4-3-8(13)7-9(11)12(15)10(14)5-6-17/h3-4,7,10,12,14-15,17H,2,5-6H2,1H3. The molecule has 1 aromatic rings. The second kappa shape index (κ2) is 6.83. The Kier molecular flexibility index (Phi) is 5.74. The fourth-order valence-electron chi connectivity index (χ4n) is 1.53. The van der Waals surface area contributed by atoms with Crippen molar-refractivity contribution in [3.05, 3.63) is 29.6 Å². The van der Waals surface area contributed by atoms with E-state index in [2.05, 4.69) is 12.6 Å². The number of aliphatic hydroxyl groups excluding tert-OH is 2. The van der Waals surface area contributed by atoms with E-state index in [1.807, 2.05) is 0 Å². The van der Waals surface area contributed by atoms with Gasteiger partial charge in [-0.2, -0.15) is 12.6 Å². The quantitative estimate of drug-likeness (QED) is 0.685. The monoisotopic (exact) mass is 260 g/mol. The largest absolute Gasteiger partial charge is 0.493 e. The number of rotatable bonds is 6. The highest BCUT2D eigenvalue weighted by atomic mass is 32.1. The van der Waals surface area contributed by atoms with Crippen LogP contribution in [0.25, 0.3) is 0 Å². The summed E-state index contributed by atoms with van der Waals surface area (Å²) in [6.45, 7) is 2.21. The fraction of sp³-hybridized carbons (Fsp3) is 0.500. The van der Waals surface area contributed by atoms with Gasteiger partial charge in [-0.1, -0.05) is 0 Å². The molecule has 0 aliphatic rings. The predicted molar refractivity (Wildman–Crippen MR) is 67.0 cm³/mol. The van der Waals surface area contributed by atoms with Gasteiger partial charge in [-0.25, -0.2) is 4.39 Å². The number of thiol groups is 1. The molecular weight excluding hydrogens is 243 g/mol. The van der Waals surface area contributed by atoms with Crippen molar-refractivity contribution in [2.24, 2.45) is 0 Å².